The topological polar surface area (TPSA) is 43.1 Å². The molecule has 2 N–H and O–H groups in total. The number of hydrogen-bond donors (Lipinski definition) is 1. The van der Waals surface area contributed by atoms with Gasteiger partial charge in [-0.25, -0.2) is 0 Å². The summed E-state index contributed by atoms with van der Waals surface area (Å²) in [5.74, 6) is 2.97. The van der Waals surface area contributed by atoms with Gasteiger partial charge in [0.05, 0.1) is 5.56 Å². The van der Waals surface area contributed by atoms with Crippen LogP contribution in [-0.4, -0.2) is 5.91 Å². The molecule has 0 fully saturated rings. The number of halogens is 3. The molecule has 78 valence electrons. The maximum atomic E-state index is 12.4. The highest BCUT2D eigenvalue weighted by Crippen LogP contribution is 2.31. The summed E-state index contributed by atoms with van der Waals surface area (Å²) in [4.78, 5) is 10.3. The predicted molar refractivity (Wildman–Crippen MR) is 47.5 cm³/mol. The van der Waals surface area contributed by atoms with Gasteiger partial charge in [-0.1, -0.05) is 18.1 Å². The van der Waals surface area contributed by atoms with E-state index in [1.54, 1.807) is 0 Å². The normalized spacial score (nSPS) is 10.3. The summed E-state index contributed by atoms with van der Waals surface area (Å²) in [6.07, 6.45) is -4.48. The third-order valence-electron chi connectivity index (χ3n) is 1.55. The molecule has 1 rings (SSSR count). The first-order valence-corrected chi connectivity index (χ1v) is 3.89. The number of hydrogen-bond acceptors (Lipinski definition) is 1. The standard InChI is InChI=1S/C10H6F3NO/c11-10(12,13)8-4-2-1-3-7(8)5-6-9(14)15/h1-4H,(H2,14,15). The fourth-order valence-electron chi connectivity index (χ4n) is 0.968. The van der Waals surface area contributed by atoms with Gasteiger partial charge in [0, 0.05) is 5.56 Å². The minimum Gasteiger partial charge on any atom is -0.359 e. The molecule has 1 aromatic carbocycles. The molecule has 0 heterocycles. The van der Waals surface area contributed by atoms with Crippen LogP contribution in [-0.2, 0) is 11.0 Å². The summed E-state index contributed by atoms with van der Waals surface area (Å²) in [5, 5.41) is 0. The van der Waals surface area contributed by atoms with E-state index in [9.17, 15) is 18.0 Å². The summed E-state index contributed by atoms with van der Waals surface area (Å²) in [6, 6.07) is 4.72. The first-order valence-electron chi connectivity index (χ1n) is 3.89. The van der Waals surface area contributed by atoms with Crippen molar-refractivity contribution in [2.24, 2.45) is 5.73 Å². The van der Waals surface area contributed by atoms with E-state index in [1.807, 2.05) is 5.92 Å². The fourth-order valence-corrected chi connectivity index (χ4v) is 0.968. The second-order valence-corrected chi connectivity index (χ2v) is 2.66. The molecule has 0 aliphatic heterocycles. The van der Waals surface area contributed by atoms with Crippen LogP contribution in [0.2, 0.25) is 0 Å². The molecule has 0 saturated carbocycles. The summed E-state index contributed by atoms with van der Waals surface area (Å²) in [6.45, 7) is 0. The van der Waals surface area contributed by atoms with Crippen LogP contribution in [0.15, 0.2) is 24.3 Å². The van der Waals surface area contributed by atoms with Gasteiger partial charge in [0.2, 0.25) is 0 Å². The van der Waals surface area contributed by atoms with E-state index in [0.29, 0.717) is 0 Å². The maximum Gasteiger partial charge on any atom is 0.417 e. The Morgan fingerprint density at radius 3 is 2.40 bits per heavy atom. The molecule has 0 bridgehead atoms. The van der Waals surface area contributed by atoms with Crippen LogP contribution >= 0.6 is 0 Å². The molecular weight excluding hydrogens is 207 g/mol. The molecule has 1 aromatic rings. The highest BCUT2D eigenvalue weighted by atomic mass is 19.4. The summed E-state index contributed by atoms with van der Waals surface area (Å²) >= 11 is 0. The Hall–Kier alpha value is -1.96. The van der Waals surface area contributed by atoms with Crippen molar-refractivity contribution in [3.05, 3.63) is 35.4 Å². The molecule has 2 nitrogen and oxygen atoms in total. The van der Waals surface area contributed by atoms with Crippen molar-refractivity contribution in [3.8, 4) is 11.8 Å². The lowest BCUT2D eigenvalue weighted by atomic mass is 10.1. The quantitative estimate of drug-likeness (QED) is 0.652. The number of carbonyl (C=O) groups excluding carboxylic acids is 1. The number of rotatable bonds is 0. The molecule has 1 amide bonds. The third-order valence-corrected chi connectivity index (χ3v) is 1.55. The molecule has 0 unspecified atom stereocenters. The first-order chi connectivity index (χ1) is 6.91. The Labute approximate surface area is 83.9 Å². The second kappa shape index (κ2) is 4.05. The Morgan fingerprint density at radius 2 is 1.87 bits per heavy atom. The fraction of sp³-hybridized carbons (Fsp3) is 0.100. The first kappa shape index (κ1) is 11.1. The monoisotopic (exact) mass is 213 g/mol. The van der Waals surface area contributed by atoms with Crippen molar-refractivity contribution in [3.63, 3.8) is 0 Å². The van der Waals surface area contributed by atoms with E-state index in [1.165, 1.54) is 18.2 Å². The van der Waals surface area contributed by atoms with Crippen molar-refractivity contribution >= 4 is 5.91 Å². The molecule has 0 aliphatic carbocycles. The highest BCUT2D eigenvalue weighted by Gasteiger charge is 2.32. The van der Waals surface area contributed by atoms with Gasteiger partial charge >= 0.3 is 6.18 Å². The smallest absolute Gasteiger partial charge is 0.359 e. The highest BCUT2D eigenvalue weighted by molar-refractivity contribution is 5.92. The Balaban J connectivity index is 3.21. The Bertz CT molecular complexity index is 440. The van der Waals surface area contributed by atoms with Crippen LogP contribution in [0.1, 0.15) is 11.1 Å². The van der Waals surface area contributed by atoms with Crippen LogP contribution < -0.4 is 5.73 Å². The van der Waals surface area contributed by atoms with E-state index in [-0.39, 0.29) is 5.56 Å². The van der Waals surface area contributed by atoms with Gasteiger partial charge in [-0.3, -0.25) is 4.79 Å². The number of amides is 1. The van der Waals surface area contributed by atoms with Crippen LogP contribution in [0.5, 0.6) is 0 Å². The minimum atomic E-state index is -4.48. The van der Waals surface area contributed by atoms with E-state index in [2.05, 4.69) is 5.92 Å². The van der Waals surface area contributed by atoms with Crippen LogP contribution in [0, 0.1) is 11.8 Å². The van der Waals surface area contributed by atoms with Gasteiger partial charge in [-0.05, 0) is 18.1 Å². The molecule has 0 saturated heterocycles. The lowest BCUT2D eigenvalue weighted by Crippen LogP contribution is -2.09. The average Bonchev–Trinajstić information content (AvgIpc) is 2.13. The van der Waals surface area contributed by atoms with Crippen molar-refractivity contribution < 1.29 is 18.0 Å². The van der Waals surface area contributed by atoms with E-state index in [4.69, 9.17) is 5.73 Å². The SMILES string of the molecule is NC(=O)C#Cc1ccccc1C(F)(F)F. The van der Waals surface area contributed by atoms with Gasteiger partial charge in [-0.2, -0.15) is 13.2 Å². The largest absolute Gasteiger partial charge is 0.417 e. The summed E-state index contributed by atoms with van der Waals surface area (Å²) in [7, 11) is 0. The number of nitrogens with two attached hydrogens (primary N) is 1. The van der Waals surface area contributed by atoms with Crippen LogP contribution in [0.4, 0.5) is 13.2 Å². The van der Waals surface area contributed by atoms with Gasteiger partial charge in [0.15, 0.2) is 0 Å². The second-order valence-electron chi connectivity index (χ2n) is 2.66. The molecule has 0 atom stereocenters. The molecule has 5 heteroatoms. The molecule has 0 radical (unpaired) electrons. The van der Waals surface area contributed by atoms with E-state index < -0.39 is 17.6 Å². The zero-order chi connectivity index (χ0) is 11.5. The van der Waals surface area contributed by atoms with E-state index in [0.717, 1.165) is 6.07 Å². The molecule has 0 spiro atoms. The van der Waals surface area contributed by atoms with Crippen LogP contribution in [0.3, 0.4) is 0 Å². The average molecular weight is 213 g/mol. The minimum absolute atomic E-state index is 0.260. The third kappa shape index (κ3) is 3.02. The van der Waals surface area contributed by atoms with E-state index >= 15 is 0 Å². The summed E-state index contributed by atoms with van der Waals surface area (Å²) in [5.41, 5.74) is 3.57. The van der Waals surface area contributed by atoms with Crippen LogP contribution in [0.25, 0.3) is 0 Å². The van der Waals surface area contributed by atoms with Gasteiger partial charge < -0.3 is 5.73 Å². The number of alkyl halides is 3. The van der Waals surface area contributed by atoms with Crippen molar-refractivity contribution in [2.75, 3.05) is 0 Å². The van der Waals surface area contributed by atoms with Crippen molar-refractivity contribution in [2.45, 2.75) is 6.18 Å². The zero-order valence-corrected chi connectivity index (χ0v) is 7.43. The van der Waals surface area contributed by atoms with Crippen molar-refractivity contribution in [1.82, 2.24) is 0 Å². The Morgan fingerprint density at radius 1 is 1.27 bits per heavy atom. The number of primary amides is 1. The summed E-state index contributed by atoms with van der Waals surface area (Å²) < 4.78 is 37.2. The Kier molecular flexibility index (Phi) is 3.00. The van der Waals surface area contributed by atoms with Gasteiger partial charge in [0.25, 0.3) is 5.91 Å². The lowest BCUT2D eigenvalue weighted by molar-refractivity contribution is -0.137. The molecular formula is C10H6F3NO. The zero-order valence-electron chi connectivity index (χ0n) is 7.43. The van der Waals surface area contributed by atoms with Gasteiger partial charge in [-0.15, -0.1) is 0 Å². The van der Waals surface area contributed by atoms with Gasteiger partial charge in [0.1, 0.15) is 0 Å². The van der Waals surface area contributed by atoms with Crippen molar-refractivity contribution in [1.29, 1.82) is 0 Å². The lowest BCUT2D eigenvalue weighted by Gasteiger charge is -2.07. The number of carbonyl (C=O) groups is 1. The predicted octanol–water partition coefficient (Wildman–Crippen LogP) is 1.54. The maximum absolute atomic E-state index is 12.4. The molecule has 15 heavy (non-hydrogen) atoms. The number of benzene rings is 1. The molecule has 0 aliphatic rings. The molecule has 0 aromatic heterocycles.